The van der Waals surface area contributed by atoms with Gasteiger partial charge in [-0.1, -0.05) is 6.92 Å². The molecule has 0 spiro atoms. The second-order valence-electron chi connectivity index (χ2n) is 5.34. The number of ether oxygens (including phenoxy) is 1. The molecule has 2 rings (SSSR count). The maximum Gasteiger partial charge on any atom is 0.226 e. The van der Waals surface area contributed by atoms with E-state index >= 15 is 0 Å². The fourth-order valence-electron chi connectivity index (χ4n) is 2.43. The van der Waals surface area contributed by atoms with Crippen LogP contribution < -0.4 is 15.8 Å². The molecule has 1 aromatic rings. The van der Waals surface area contributed by atoms with E-state index in [4.69, 9.17) is 10.5 Å². The Hall–Kier alpha value is -1.36. The van der Waals surface area contributed by atoms with Gasteiger partial charge in [0.1, 0.15) is 0 Å². The van der Waals surface area contributed by atoms with Crippen LogP contribution in [0, 0.1) is 12.8 Å². The fourth-order valence-corrected chi connectivity index (χ4v) is 2.43. The molecule has 3 N–H and O–H groups in total. The highest BCUT2D eigenvalue weighted by Gasteiger charge is 2.21. The summed E-state index contributed by atoms with van der Waals surface area (Å²) in [5.74, 6) is 1.95. The molecule has 2 atom stereocenters. The van der Waals surface area contributed by atoms with Crippen LogP contribution in [0.2, 0.25) is 0 Å². The van der Waals surface area contributed by atoms with Gasteiger partial charge in [-0.15, -0.1) is 0 Å². The monoisotopic (exact) mass is 264 g/mol. The number of nitrogens with two attached hydrogens (primary N) is 1. The zero-order valence-corrected chi connectivity index (χ0v) is 11.9. The highest BCUT2D eigenvalue weighted by Crippen LogP contribution is 2.24. The SMILES string of the molecule is CCCOc1cc(C)nc(NCC2CCC(N)C2)n1. The van der Waals surface area contributed by atoms with Gasteiger partial charge < -0.3 is 15.8 Å². The molecule has 1 aromatic heterocycles. The average Bonchev–Trinajstić information content (AvgIpc) is 2.79. The lowest BCUT2D eigenvalue weighted by Crippen LogP contribution is -2.18. The molecule has 0 aromatic carbocycles. The number of anilines is 1. The van der Waals surface area contributed by atoms with E-state index in [9.17, 15) is 0 Å². The summed E-state index contributed by atoms with van der Waals surface area (Å²) in [6.07, 6.45) is 4.40. The number of nitrogens with one attached hydrogen (secondary N) is 1. The highest BCUT2D eigenvalue weighted by atomic mass is 16.5. The summed E-state index contributed by atoms with van der Waals surface area (Å²) in [5.41, 5.74) is 6.84. The minimum atomic E-state index is 0.369. The molecule has 1 fully saturated rings. The summed E-state index contributed by atoms with van der Waals surface area (Å²) < 4.78 is 5.55. The smallest absolute Gasteiger partial charge is 0.226 e. The van der Waals surface area contributed by atoms with Crippen molar-refractivity contribution in [1.29, 1.82) is 0 Å². The zero-order valence-electron chi connectivity index (χ0n) is 11.9. The molecule has 5 nitrogen and oxygen atoms in total. The van der Waals surface area contributed by atoms with Crippen LogP contribution in [0.3, 0.4) is 0 Å². The van der Waals surface area contributed by atoms with Crippen LogP contribution in [0.5, 0.6) is 5.88 Å². The first-order chi connectivity index (χ1) is 9.17. The lowest BCUT2D eigenvalue weighted by atomic mass is 10.1. The molecule has 0 amide bonds. The van der Waals surface area contributed by atoms with Crippen LogP contribution in [0.15, 0.2) is 6.07 Å². The van der Waals surface area contributed by atoms with Crippen molar-refractivity contribution in [1.82, 2.24) is 9.97 Å². The van der Waals surface area contributed by atoms with E-state index in [0.29, 0.717) is 30.4 Å². The van der Waals surface area contributed by atoms with Gasteiger partial charge in [0, 0.05) is 24.3 Å². The van der Waals surface area contributed by atoms with Gasteiger partial charge in [0.25, 0.3) is 0 Å². The molecular weight excluding hydrogens is 240 g/mol. The molecule has 5 heteroatoms. The number of rotatable bonds is 6. The molecule has 0 aliphatic heterocycles. The van der Waals surface area contributed by atoms with Gasteiger partial charge in [-0.2, -0.15) is 4.98 Å². The summed E-state index contributed by atoms with van der Waals surface area (Å²) in [7, 11) is 0. The van der Waals surface area contributed by atoms with Crippen molar-refractivity contribution < 1.29 is 4.74 Å². The van der Waals surface area contributed by atoms with Crippen molar-refractivity contribution >= 4 is 5.95 Å². The predicted molar refractivity (Wildman–Crippen MR) is 76.4 cm³/mol. The van der Waals surface area contributed by atoms with E-state index in [1.807, 2.05) is 13.0 Å². The summed E-state index contributed by atoms with van der Waals surface area (Å²) in [6, 6.07) is 2.24. The first-order valence-corrected chi connectivity index (χ1v) is 7.15. The Morgan fingerprint density at radius 2 is 2.26 bits per heavy atom. The number of aryl methyl sites for hydroxylation is 1. The molecule has 19 heavy (non-hydrogen) atoms. The minimum Gasteiger partial charge on any atom is -0.478 e. The Balaban J connectivity index is 1.90. The molecular formula is C14H24N4O. The molecule has 0 radical (unpaired) electrons. The Morgan fingerprint density at radius 1 is 1.42 bits per heavy atom. The van der Waals surface area contributed by atoms with Crippen LogP contribution in [-0.2, 0) is 0 Å². The first-order valence-electron chi connectivity index (χ1n) is 7.15. The van der Waals surface area contributed by atoms with Crippen molar-refractivity contribution in [2.75, 3.05) is 18.5 Å². The maximum atomic E-state index is 5.92. The van der Waals surface area contributed by atoms with E-state index in [1.54, 1.807) is 0 Å². The predicted octanol–water partition coefficient (Wildman–Crippen LogP) is 2.11. The summed E-state index contributed by atoms with van der Waals surface area (Å²) in [6.45, 7) is 5.62. The van der Waals surface area contributed by atoms with E-state index in [2.05, 4.69) is 22.2 Å². The Kier molecular flexibility index (Phi) is 4.96. The van der Waals surface area contributed by atoms with Gasteiger partial charge in [-0.05, 0) is 38.5 Å². The van der Waals surface area contributed by atoms with Gasteiger partial charge in [-0.3, -0.25) is 0 Å². The average molecular weight is 264 g/mol. The first kappa shape index (κ1) is 14.1. The molecule has 2 unspecified atom stereocenters. The molecule has 0 saturated heterocycles. The molecule has 1 heterocycles. The highest BCUT2D eigenvalue weighted by molar-refractivity contribution is 5.30. The lowest BCUT2D eigenvalue weighted by Gasteiger charge is -2.12. The van der Waals surface area contributed by atoms with Crippen molar-refractivity contribution in [3.8, 4) is 5.88 Å². The Morgan fingerprint density at radius 3 is 2.95 bits per heavy atom. The van der Waals surface area contributed by atoms with Gasteiger partial charge in [-0.25, -0.2) is 4.98 Å². The Bertz CT molecular complexity index is 410. The number of aromatic nitrogens is 2. The van der Waals surface area contributed by atoms with Crippen molar-refractivity contribution in [3.63, 3.8) is 0 Å². The topological polar surface area (TPSA) is 73.1 Å². The molecule has 1 aliphatic carbocycles. The minimum absolute atomic E-state index is 0.369. The summed E-state index contributed by atoms with van der Waals surface area (Å²) >= 11 is 0. The Labute approximate surface area is 115 Å². The third kappa shape index (κ3) is 4.35. The molecule has 0 bridgehead atoms. The maximum absolute atomic E-state index is 5.92. The number of hydrogen-bond donors (Lipinski definition) is 2. The summed E-state index contributed by atoms with van der Waals surface area (Å²) in [5, 5.41) is 3.31. The second kappa shape index (κ2) is 6.70. The normalized spacial score (nSPS) is 22.5. The zero-order chi connectivity index (χ0) is 13.7. The second-order valence-corrected chi connectivity index (χ2v) is 5.34. The lowest BCUT2D eigenvalue weighted by molar-refractivity contribution is 0.305. The number of nitrogens with zero attached hydrogens (tertiary/aromatic N) is 2. The fraction of sp³-hybridized carbons (Fsp3) is 0.714. The van der Waals surface area contributed by atoms with E-state index in [1.165, 1.54) is 6.42 Å². The van der Waals surface area contributed by atoms with Crippen LogP contribution in [0.1, 0.15) is 38.3 Å². The third-order valence-corrected chi connectivity index (χ3v) is 3.42. The van der Waals surface area contributed by atoms with Gasteiger partial charge in [0.2, 0.25) is 11.8 Å². The number of hydrogen-bond acceptors (Lipinski definition) is 5. The molecule has 1 saturated carbocycles. The van der Waals surface area contributed by atoms with Crippen molar-refractivity contribution in [3.05, 3.63) is 11.8 Å². The van der Waals surface area contributed by atoms with Crippen LogP contribution in [-0.4, -0.2) is 29.2 Å². The van der Waals surface area contributed by atoms with E-state index in [-0.39, 0.29) is 0 Å². The summed E-state index contributed by atoms with van der Waals surface area (Å²) in [4.78, 5) is 8.76. The van der Waals surface area contributed by atoms with Crippen LogP contribution in [0.25, 0.3) is 0 Å². The van der Waals surface area contributed by atoms with Crippen molar-refractivity contribution in [2.24, 2.45) is 11.7 Å². The standard InChI is InChI=1S/C14H24N4O/c1-3-6-19-13-7-10(2)17-14(18-13)16-9-11-4-5-12(15)8-11/h7,11-12H,3-6,8-9,15H2,1-2H3,(H,16,17,18). The van der Waals surface area contributed by atoms with Gasteiger partial charge in [0.05, 0.1) is 6.61 Å². The third-order valence-electron chi connectivity index (χ3n) is 3.42. The van der Waals surface area contributed by atoms with E-state index < -0.39 is 0 Å². The van der Waals surface area contributed by atoms with E-state index in [0.717, 1.165) is 31.5 Å². The van der Waals surface area contributed by atoms with Crippen LogP contribution >= 0.6 is 0 Å². The van der Waals surface area contributed by atoms with Crippen molar-refractivity contribution in [2.45, 2.75) is 45.6 Å². The largest absolute Gasteiger partial charge is 0.478 e. The van der Waals surface area contributed by atoms with Gasteiger partial charge in [0.15, 0.2) is 0 Å². The molecule has 106 valence electrons. The van der Waals surface area contributed by atoms with Crippen LogP contribution in [0.4, 0.5) is 5.95 Å². The molecule has 1 aliphatic rings. The quantitative estimate of drug-likeness (QED) is 0.823. The van der Waals surface area contributed by atoms with Gasteiger partial charge >= 0.3 is 0 Å².